The molecule has 0 unspecified atom stereocenters. The second-order valence-corrected chi connectivity index (χ2v) is 6.43. The van der Waals surface area contributed by atoms with E-state index >= 15 is 0 Å². The Morgan fingerprint density at radius 1 is 1.33 bits per heavy atom. The van der Waals surface area contributed by atoms with Crippen LogP contribution in [0.25, 0.3) is 21.9 Å². The van der Waals surface area contributed by atoms with Gasteiger partial charge in [0, 0.05) is 42.2 Å². The molecule has 1 amide bonds. The molecule has 0 saturated heterocycles. The van der Waals surface area contributed by atoms with Crippen LogP contribution >= 0.6 is 0 Å². The SMILES string of the molecule is CCCCOC(=O)NCCc1c2c(nn1CCC)c(N)nc1ncccc12. The Kier molecular flexibility index (Phi) is 6.05. The van der Waals surface area contributed by atoms with Crippen molar-refractivity contribution in [1.29, 1.82) is 0 Å². The zero-order chi connectivity index (χ0) is 19.2. The Labute approximate surface area is 158 Å². The molecule has 3 heterocycles. The van der Waals surface area contributed by atoms with Gasteiger partial charge < -0.3 is 15.8 Å². The summed E-state index contributed by atoms with van der Waals surface area (Å²) in [5.74, 6) is 0.374. The first-order valence-corrected chi connectivity index (χ1v) is 9.45. The van der Waals surface area contributed by atoms with Crippen molar-refractivity contribution in [3.63, 3.8) is 0 Å². The van der Waals surface area contributed by atoms with Gasteiger partial charge in [-0.25, -0.2) is 14.8 Å². The number of hydrogen-bond donors (Lipinski definition) is 2. The molecule has 27 heavy (non-hydrogen) atoms. The highest BCUT2D eigenvalue weighted by atomic mass is 16.5. The van der Waals surface area contributed by atoms with E-state index in [9.17, 15) is 4.79 Å². The average Bonchev–Trinajstić information content (AvgIpc) is 3.02. The van der Waals surface area contributed by atoms with Gasteiger partial charge in [-0.2, -0.15) is 5.10 Å². The fourth-order valence-electron chi connectivity index (χ4n) is 3.10. The third-order valence-corrected chi connectivity index (χ3v) is 4.38. The van der Waals surface area contributed by atoms with Crippen LogP contribution in [0.15, 0.2) is 18.3 Å². The van der Waals surface area contributed by atoms with Crippen molar-refractivity contribution < 1.29 is 9.53 Å². The van der Waals surface area contributed by atoms with Crippen LogP contribution in [0.2, 0.25) is 0 Å². The number of nitrogens with one attached hydrogen (secondary N) is 1. The maximum atomic E-state index is 11.8. The van der Waals surface area contributed by atoms with Gasteiger partial charge in [-0.05, 0) is 25.0 Å². The van der Waals surface area contributed by atoms with Crippen molar-refractivity contribution in [3.8, 4) is 0 Å². The number of amides is 1. The van der Waals surface area contributed by atoms with E-state index < -0.39 is 0 Å². The molecular formula is C19H26N6O2. The molecule has 3 aromatic rings. The summed E-state index contributed by atoms with van der Waals surface area (Å²) < 4.78 is 7.10. The number of nitrogens with zero attached hydrogens (tertiary/aromatic N) is 4. The van der Waals surface area contributed by atoms with E-state index in [0.717, 1.165) is 42.3 Å². The van der Waals surface area contributed by atoms with Gasteiger partial charge in [-0.1, -0.05) is 20.3 Å². The second kappa shape index (κ2) is 8.66. The highest BCUT2D eigenvalue weighted by Crippen LogP contribution is 2.29. The first-order chi connectivity index (χ1) is 13.2. The van der Waals surface area contributed by atoms with Crippen LogP contribution < -0.4 is 11.1 Å². The first-order valence-electron chi connectivity index (χ1n) is 9.45. The number of unbranched alkanes of at least 4 members (excludes halogenated alkanes) is 1. The van der Waals surface area contributed by atoms with E-state index in [0.29, 0.717) is 36.6 Å². The highest BCUT2D eigenvalue weighted by Gasteiger charge is 2.18. The van der Waals surface area contributed by atoms with E-state index in [1.807, 2.05) is 16.8 Å². The number of nitrogen functional groups attached to an aromatic ring is 1. The Morgan fingerprint density at radius 2 is 2.19 bits per heavy atom. The molecular weight excluding hydrogens is 344 g/mol. The zero-order valence-corrected chi connectivity index (χ0v) is 15.9. The van der Waals surface area contributed by atoms with Crippen molar-refractivity contribution in [3.05, 3.63) is 24.0 Å². The van der Waals surface area contributed by atoms with Gasteiger partial charge in [0.2, 0.25) is 0 Å². The number of pyridine rings is 2. The molecule has 3 aromatic heterocycles. The molecule has 8 heteroatoms. The molecule has 0 radical (unpaired) electrons. The highest BCUT2D eigenvalue weighted by molar-refractivity contribution is 6.08. The molecule has 0 atom stereocenters. The monoisotopic (exact) mass is 370 g/mol. The lowest BCUT2D eigenvalue weighted by atomic mass is 10.1. The minimum atomic E-state index is -0.387. The number of fused-ring (bicyclic) bond motifs is 3. The van der Waals surface area contributed by atoms with Crippen molar-refractivity contribution >= 4 is 33.8 Å². The Bertz CT molecular complexity index is 937. The molecule has 8 nitrogen and oxygen atoms in total. The van der Waals surface area contributed by atoms with Gasteiger partial charge in [0.05, 0.1) is 6.61 Å². The number of carbonyl (C=O) groups excluding carboxylic acids is 1. The van der Waals surface area contributed by atoms with Crippen LogP contribution in [0, 0.1) is 0 Å². The first kappa shape index (κ1) is 18.9. The van der Waals surface area contributed by atoms with Crippen LogP contribution in [0.1, 0.15) is 38.8 Å². The van der Waals surface area contributed by atoms with Gasteiger partial charge in [-0.3, -0.25) is 4.68 Å². The molecule has 144 valence electrons. The lowest BCUT2D eigenvalue weighted by Crippen LogP contribution is -2.27. The summed E-state index contributed by atoms with van der Waals surface area (Å²) in [6.07, 6.45) is 4.73. The van der Waals surface area contributed by atoms with Crippen LogP contribution in [0.4, 0.5) is 10.6 Å². The predicted molar refractivity (Wildman–Crippen MR) is 105 cm³/mol. The zero-order valence-electron chi connectivity index (χ0n) is 15.9. The van der Waals surface area contributed by atoms with E-state index in [-0.39, 0.29) is 6.09 Å². The fraction of sp³-hybridized carbons (Fsp3) is 0.474. The summed E-state index contributed by atoms with van der Waals surface area (Å²) in [5, 5.41) is 9.36. The minimum Gasteiger partial charge on any atom is -0.450 e. The number of alkyl carbamates (subject to hydrolysis) is 1. The van der Waals surface area contributed by atoms with E-state index in [1.165, 1.54) is 0 Å². The van der Waals surface area contributed by atoms with Gasteiger partial charge in [-0.15, -0.1) is 0 Å². The largest absolute Gasteiger partial charge is 0.450 e. The maximum Gasteiger partial charge on any atom is 0.407 e. The molecule has 0 fully saturated rings. The van der Waals surface area contributed by atoms with Gasteiger partial charge in [0.25, 0.3) is 0 Å². The lowest BCUT2D eigenvalue weighted by Gasteiger charge is -2.09. The van der Waals surface area contributed by atoms with E-state index in [4.69, 9.17) is 10.5 Å². The topological polar surface area (TPSA) is 108 Å². The van der Waals surface area contributed by atoms with Crippen molar-refractivity contribution in [2.45, 2.75) is 46.1 Å². The van der Waals surface area contributed by atoms with E-state index in [1.54, 1.807) is 6.20 Å². The van der Waals surface area contributed by atoms with Gasteiger partial charge in [0.1, 0.15) is 5.52 Å². The average molecular weight is 370 g/mol. The van der Waals surface area contributed by atoms with Crippen LogP contribution in [0.3, 0.4) is 0 Å². The summed E-state index contributed by atoms with van der Waals surface area (Å²) in [6.45, 7) is 5.82. The number of ether oxygens (including phenoxy) is 1. The molecule has 0 aliphatic rings. The molecule has 0 spiro atoms. The minimum absolute atomic E-state index is 0.374. The number of rotatable bonds is 8. The number of carbonyl (C=O) groups is 1. The summed E-state index contributed by atoms with van der Waals surface area (Å²) in [4.78, 5) is 20.5. The van der Waals surface area contributed by atoms with Gasteiger partial charge in [0.15, 0.2) is 11.5 Å². The van der Waals surface area contributed by atoms with E-state index in [2.05, 4.69) is 34.2 Å². The quantitative estimate of drug-likeness (QED) is 0.590. The third-order valence-electron chi connectivity index (χ3n) is 4.38. The summed E-state index contributed by atoms with van der Waals surface area (Å²) in [7, 11) is 0. The number of anilines is 1. The summed E-state index contributed by atoms with van der Waals surface area (Å²) in [5.41, 5.74) is 8.44. The molecule has 0 aliphatic heterocycles. The molecule has 0 bridgehead atoms. The normalized spacial score (nSPS) is 11.2. The molecule has 0 aromatic carbocycles. The number of hydrogen-bond acceptors (Lipinski definition) is 6. The van der Waals surface area contributed by atoms with Crippen LogP contribution in [-0.4, -0.2) is 39.0 Å². The molecule has 0 aliphatic carbocycles. The maximum absolute atomic E-state index is 11.8. The fourth-order valence-corrected chi connectivity index (χ4v) is 3.10. The number of aryl methyl sites for hydroxylation is 1. The standard InChI is InChI=1S/C19H26N6O2/c1-3-5-12-27-19(26)22-10-8-14-15-13-7-6-9-21-18(13)23-17(20)16(15)24-25(14)11-4-2/h6-7,9H,3-5,8,10-12H2,1-2H3,(H,22,26)(H2,20,21,23). The molecule has 3 N–H and O–H groups in total. The molecule has 3 rings (SSSR count). The van der Waals surface area contributed by atoms with Gasteiger partial charge >= 0.3 is 6.09 Å². The Hall–Kier alpha value is -2.90. The summed E-state index contributed by atoms with van der Waals surface area (Å²) >= 11 is 0. The predicted octanol–water partition coefficient (Wildman–Crippen LogP) is 3.04. The van der Waals surface area contributed by atoms with Crippen LogP contribution in [-0.2, 0) is 17.7 Å². The summed E-state index contributed by atoms with van der Waals surface area (Å²) in [6, 6.07) is 3.86. The lowest BCUT2D eigenvalue weighted by molar-refractivity contribution is 0.144. The number of aromatic nitrogens is 4. The second-order valence-electron chi connectivity index (χ2n) is 6.43. The Balaban J connectivity index is 1.88. The van der Waals surface area contributed by atoms with Crippen molar-refractivity contribution in [1.82, 2.24) is 25.1 Å². The third kappa shape index (κ3) is 4.10. The van der Waals surface area contributed by atoms with Crippen LogP contribution in [0.5, 0.6) is 0 Å². The number of nitrogens with two attached hydrogens (primary N) is 1. The van der Waals surface area contributed by atoms with Crippen molar-refractivity contribution in [2.75, 3.05) is 18.9 Å². The smallest absolute Gasteiger partial charge is 0.407 e. The Morgan fingerprint density at radius 3 is 2.96 bits per heavy atom. The molecule has 0 saturated carbocycles. The van der Waals surface area contributed by atoms with Crippen molar-refractivity contribution in [2.24, 2.45) is 0 Å².